The van der Waals surface area contributed by atoms with E-state index in [-0.39, 0.29) is 18.6 Å². The Kier molecular flexibility index (Phi) is 8.37. The van der Waals surface area contributed by atoms with Crippen molar-refractivity contribution in [3.8, 4) is 0 Å². The molecule has 25 heavy (non-hydrogen) atoms. The van der Waals surface area contributed by atoms with Crippen molar-refractivity contribution < 1.29 is 14.3 Å². The predicted molar refractivity (Wildman–Crippen MR) is 99.6 cm³/mol. The van der Waals surface area contributed by atoms with Gasteiger partial charge < -0.3 is 10.1 Å². The van der Waals surface area contributed by atoms with Crippen LogP contribution in [0.2, 0.25) is 0 Å². The van der Waals surface area contributed by atoms with Crippen LogP contribution >= 0.6 is 11.3 Å². The van der Waals surface area contributed by atoms with E-state index in [0.29, 0.717) is 25.6 Å². The normalized spacial score (nSPS) is 17.2. The number of hydrogen-bond acceptors (Lipinski definition) is 5. The van der Waals surface area contributed by atoms with Gasteiger partial charge in [0.1, 0.15) is 0 Å². The number of urea groups is 1. The summed E-state index contributed by atoms with van der Waals surface area (Å²) in [4.78, 5) is 27.3. The Labute approximate surface area is 153 Å². The smallest absolute Gasteiger partial charge is 0.321 e. The third kappa shape index (κ3) is 7.98. The van der Waals surface area contributed by atoms with E-state index in [9.17, 15) is 9.59 Å². The molecule has 0 spiro atoms. The van der Waals surface area contributed by atoms with Gasteiger partial charge in [0.15, 0.2) is 0 Å². The Morgan fingerprint density at radius 2 is 2.28 bits per heavy atom. The van der Waals surface area contributed by atoms with Gasteiger partial charge in [-0.1, -0.05) is 19.9 Å². The molecule has 1 atom stereocenters. The summed E-state index contributed by atoms with van der Waals surface area (Å²) in [6.07, 6.45) is 3.17. The number of nitrogens with zero attached hydrogens (tertiary/aromatic N) is 1. The van der Waals surface area contributed by atoms with Gasteiger partial charge in [0.05, 0.1) is 12.6 Å². The Balaban J connectivity index is 1.79. The average Bonchev–Trinajstić information content (AvgIpc) is 3.20. The lowest BCUT2D eigenvalue weighted by Gasteiger charge is -2.24. The van der Waals surface area contributed by atoms with Crippen molar-refractivity contribution in [2.45, 2.75) is 45.8 Å². The highest BCUT2D eigenvalue weighted by Crippen LogP contribution is 2.17. The highest BCUT2D eigenvalue weighted by molar-refractivity contribution is 7.09. The molecular formula is C18H29N3O3S. The predicted octanol–water partition coefficient (Wildman–Crippen LogP) is 2.60. The maximum atomic E-state index is 12.2. The molecule has 0 aliphatic carbocycles. The van der Waals surface area contributed by atoms with E-state index in [2.05, 4.69) is 35.4 Å². The molecule has 1 aromatic rings. The van der Waals surface area contributed by atoms with E-state index in [1.807, 2.05) is 11.4 Å². The highest BCUT2D eigenvalue weighted by Gasteiger charge is 2.22. The van der Waals surface area contributed by atoms with Crippen molar-refractivity contribution in [1.82, 2.24) is 15.5 Å². The van der Waals surface area contributed by atoms with Crippen molar-refractivity contribution in [1.29, 1.82) is 0 Å². The van der Waals surface area contributed by atoms with E-state index in [0.717, 1.165) is 25.9 Å². The number of carbonyl (C=O) groups is 2. The highest BCUT2D eigenvalue weighted by atomic mass is 32.1. The van der Waals surface area contributed by atoms with Gasteiger partial charge in [0.25, 0.3) is 0 Å². The number of ether oxygens (including phenoxy) is 1. The molecule has 2 rings (SSSR count). The van der Waals surface area contributed by atoms with Crippen LogP contribution < -0.4 is 10.6 Å². The lowest BCUT2D eigenvalue weighted by Crippen LogP contribution is -2.46. The van der Waals surface area contributed by atoms with E-state index >= 15 is 0 Å². The van der Waals surface area contributed by atoms with Gasteiger partial charge in [0, 0.05) is 31.1 Å². The van der Waals surface area contributed by atoms with Gasteiger partial charge in [-0.05, 0) is 36.6 Å². The molecule has 2 heterocycles. The minimum Gasteiger partial charge on any atom is -0.377 e. The molecule has 6 nitrogen and oxygen atoms in total. The molecule has 0 radical (unpaired) electrons. The van der Waals surface area contributed by atoms with Crippen molar-refractivity contribution in [3.05, 3.63) is 22.4 Å². The largest absolute Gasteiger partial charge is 0.377 e. The number of thiophene rings is 1. The zero-order chi connectivity index (χ0) is 18.1. The number of amides is 3. The fourth-order valence-electron chi connectivity index (χ4n) is 2.77. The molecule has 0 unspecified atom stereocenters. The first-order valence-electron chi connectivity index (χ1n) is 8.97. The first-order valence-corrected chi connectivity index (χ1v) is 9.85. The Morgan fingerprint density at radius 3 is 2.92 bits per heavy atom. The fourth-order valence-corrected chi connectivity index (χ4v) is 3.52. The minimum absolute atomic E-state index is 0.174. The molecule has 1 fully saturated rings. The van der Waals surface area contributed by atoms with Crippen LogP contribution in [0.1, 0.15) is 38.0 Å². The number of hydrogen-bond donors (Lipinski definition) is 2. The maximum absolute atomic E-state index is 12.2. The molecule has 1 aliphatic rings. The quantitative estimate of drug-likeness (QED) is 0.704. The van der Waals surface area contributed by atoms with Gasteiger partial charge in [-0.3, -0.25) is 15.0 Å². The third-order valence-corrected chi connectivity index (χ3v) is 4.93. The summed E-state index contributed by atoms with van der Waals surface area (Å²) in [6, 6.07) is 3.65. The van der Waals surface area contributed by atoms with Crippen LogP contribution in [0.4, 0.5) is 4.79 Å². The van der Waals surface area contributed by atoms with Crippen molar-refractivity contribution in [2.75, 3.05) is 26.2 Å². The lowest BCUT2D eigenvalue weighted by molar-refractivity contribution is -0.121. The van der Waals surface area contributed by atoms with Crippen molar-refractivity contribution in [2.24, 2.45) is 5.92 Å². The molecule has 1 saturated heterocycles. The van der Waals surface area contributed by atoms with E-state index in [1.165, 1.54) is 4.88 Å². The molecule has 7 heteroatoms. The number of imide groups is 1. The molecule has 0 saturated carbocycles. The zero-order valence-corrected chi connectivity index (χ0v) is 15.9. The van der Waals surface area contributed by atoms with Gasteiger partial charge in [-0.15, -0.1) is 11.3 Å². The van der Waals surface area contributed by atoms with Crippen LogP contribution in [-0.2, 0) is 16.1 Å². The summed E-state index contributed by atoms with van der Waals surface area (Å²) < 4.78 is 5.69. The second-order valence-corrected chi connectivity index (χ2v) is 7.90. The SMILES string of the molecule is CC(C)CCNC(=O)NC(=O)CN(Cc1cccs1)C[C@H]1CCCO1. The summed E-state index contributed by atoms with van der Waals surface area (Å²) in [5, 5.41) is 7.17. The summed E-state index contributed by atoms with van der Waals surface area (Å²) in [6.45, 7) is 7.15. The van der Waals surface area contributed by atoms with Crippen LogP contribution in [0, 0.1) is 5.92 Å². The second-order valence-electron chi connectivity index (χ2n) is 6.87. The molecule has 1 aromatic heterocycles. The molecule has 2 N–H and O–H groups in total. The molecular weight excluding hydrogens is 338 g/mol. The van der Waals surface area contributed by atoms with Crippen LogP contribution in [0.3, 0.4) is 0 Å². The van der Waals surface area contributed by atoms with Crippen LogP contribution in [-0.4, -0.2) is 49.2 Å². The Morgan fingerprint density at radius 1 is 1.44 bits per heavy atom. The molecule has 0 aromatic carbocycles. The maximum Gasteiger partial charge on any atom is 0.321 e. The summed E-state index contributed by atoms with van der Waals surface area (Å²) >= 11 is 1.67. The van der Waals surface area contributed by atoms with E-state index < -0.39 is 6.03 Å². The molecule has 1 aliphatic heterocycles. The minimum atomic E-state index is -0.418. The first-order chi connectivity index (χ1) is 12.0. The summed E-state index contributed by atoms with van der Waals surface area (Å²) in [5.74, 6) is 0.236. The average molecular weight is 368 g/mol. The van der Waals surface area contributed by atoms with Gasteiger partial charge >= 0.3 is 6.03 Å². The molecule has 140 valence electrons. The third-order valence-electron chi connectivity index (χ3n) is 4.07. The lowest BCUT2D eigenvalue weighted by atomic mass is 10.1. The topological polar surface area (TPSA) is 70.7 Å². The number of rotatable bonds is 9. The van der Waals surface area contributed by atoms with Crippen molar-refractivity contribution in [3.63, 3.8) is 0 Å². The fraction of sp³-hybridized carbons (Fsp3) is 0.667. The Hall–Kier alpha value is -1.44. The standard InChI is InChI=1S/C18H29N3O3S/c1-14(2)7-8-19-18(23)20-17(22)13-21(11-15-5-3-9-24-15)12-16-6-4-10-25-16/h4,6,10,14-15H,3,5,7-9,11-13H2,1-2H3,(H2,19,20,22,23)/t15-/m1/s1. The monoisotopic (exact) mass is 367 g/mol. The molecule has 0 bridgehead atoms. The van der Waals surface area contributed by atoms with Crippen LogP contribution in [0.25, 0.3) is 0 Å². The van der Waals surface area contributed by atoms with Gasteiger partial charge in [0.2, 0.25) is 5.91 Å². The number of nitrogens with one attached hydrogen (secondary N) is 2. The summed E-state index contributed by atoms with van der Waals surface area (Å²) in [7, 11) is 0. The zero-order valence-electron chi connectivity index (χ0n) is 15.1. The van der Waals surface area contributed by atoms with Crippen LogP contribution in [0.5, 0.6) is 0 Å². The van der Waals surface area contributed by atoms with Crippen molar-refractivity contribution >= 4 is 23.3 Å². The Bertz CT molecular complexity index is 528. The van der Waals surface area contributed by atoms with Crippen LogP contribution in [0.15, 0.2) is 17.5 Å². The van der Waals surface area contributed by atoms with E-state index in [4.69, 9.17) is 4.74 Å². The first kappa shape index (κ1) is 19.9. The van der Waals surface area contributed by atoms with E-state index in [1.54, 1.807) is 11.3 Å². The number of carbonyl (C=O) groups excluding carboxylic acids is 2. The molecule has 3 amide bonds. The summed E-state index contributed by atoms with van der Waals surface area (Å²) in [5.41, 5.74) is 0. The second kappa shape index (κ2) is 10.5. The van der Waals surface area contributed by atoms with Gasteiger partial charge in [-0.2, -0.15) is 0 Å². The van der Waals surface area contributed by atoms with Gasteiger partial charge in [-0.25, -0.2) is 4.79 Å².